The molecule has 0 radical (unpaired) electrons. The average molecular weight is 239 g/mol. The smallest absolute Gasteiger partial charge is 0.123 e. The Bertz CT molecular complexity index is 341. The second kappa shape index (κ2) is 6.72. The third-order valence-corrected chi connectivity index (χ3v) is 3.07. The van der Waals surface area contributed by atoms with Crippen LogP contribution in [0.4, 0.5) is 4.39 Å². The summed E-state index contributed by atoms with van der Waals surface area (Å²) in [6, 6.07) is 6.65. The minimum Gasteiger partial charge on any atom is -0.396 e. The first kappa shape index (κ1) is 14.1. The highest BCUT2D eigenvalue weighted by Crippen LogP contribution is 2.13. The molecule has 0 spiro atoms. The maximum Gasteiger partial charge on any atom is 0.123 e. The summed E-state index contributed by atoms with van der Waals surface area (Å²) in [5.74, 6) is 0.530. The van der Waals surface area contributed by atoms with Crippen LogP contribution in [0.5, 0.6) is 0 Å². The van der Waals surface area contributed by atoms with E-state index in [2.05, 4.69) is 18.7 Å². The van der Waals surface area contributed by atoms with Crippen molar-refractivity contribution in [2.75, 3.05) is 20.2 Å². The lowest BCUT2D eigenvalue weighted by atomic mass is 9.96. The van der Waals surface area contributed by atoms with Crippen molar-refractivity contribution in [1.29, 1.82) is 0 Å². The maximum atomic E-state index is 13.0. The van der Waals surface area contributed by atoms with Crippen LogP contribution in [0.2, 0.25) is 0 Å². The maximum absolute atomic E-state index is 13.0. The molecule has 0 aliphatic rings. The van der Waals surface area contributed by atoms with Crippen LogP contribution in [-0.4, -0.2) is 30.2 Å². The molecule has 2 nitrogen and oxygen atoms in total. The Balaban J connectivity index is 2.51. The first-order valence-corrected chi connectivity index (χ1v) is 6.06. The molecular weight excluding hydrogens is 217 g/mol. The van der Waals surface area contributed by atoms with Crippen molar-refractivity contribution < 1.29 is 9.50 Å². The van der Waals surface area contributed by atoms with Crippen molar-refractivity contribution in [3.63, 3.8) is 0 Å². The predicted molar refractivity (Wildman–Crippen MR) is 68.1 cm³/mol. The number of hydrogen-bond acceptors (Lipinski definition) is 2. The Morgan fingerprint density at radius 2 is 2.06 bits per heavy atom. The van der Waals surface area contributed by atoms with E-state index in [4.69, 9.17) is 0 Å². The van der Waals surface area contributed by atoms with Crippen LogP contribution in [0.25, 0.3) is 0 Å². The van der Waals surface area contributed by atoms with Crippen LogP contribution in [0.15, 0.2) is 24.3 Å². The zero-order valence-corrected chi connectivity index (χ0v) is 10.9. The van der Waals surface area contributed by atoms with Crippen LogP contribution in [-0.2, 0) is 6.54 Å². The number of aliphatic hydroxyl groups is 1. The van der Waals surface area contributed by atoms with Gasteiger partial charge in [0, 0.05) is 19.7 Å². The average Bonchev–Trinajstić information content (AvgIpc) is 2.25. The molecule has 96 valence electrons. The molecule has 1 aromatic rings. The monoisotopic (exact) mass is 239 g/mol. The molecule has 0 saturated carbocycles. The number of halogens is 1. The lowest BCUT2D eigenvalue weighted by Gasteiger charge is -2.25. The molecule has 0 bridgehead atoms. The summed E-state index contributed by atoms with van der Waals surface area (Å²) >= 11 is 0. The summed E-state index contributed by atoms with van der Waals surface area (Å²) in [4.78, 5) is 2.12. The molecule has 1 aromatic carbocycles. The molecule has 0 saturated heterocycles. The van der Waals surface area contributed by atoms with Gasteiger partial charge in [0.15, 0.2) is 0 Å². The standard InChI is InChI=1S/C14H22FNO/c1-11(2)13(10-17)9-16(3)8-12-5-4-6-14(15)7-12/h4-7,11,13,17H,8-10H2,1-3H3. The molecule has 0 aliphatic carbocycles. The number of nitrogens with zero attached hydrogens (tertiary/aromatic N) is 1. The van der Waals surface area contributed by atoms with E-state index in [9.17, 15) is 9.50 Å². The quantitative estimate of drug-likeness (QED) is 0.824. The lowest BCUT2D eigenvalue weighted by Crippen LogP contribution is -2.30. The van der Waals surface area contributed by atoms with Gasteiger partial charge in [0.2, 0.25) is 0 Å². The summed E-state index contributed by atoms with van der Waals surface area (Å²) in [6.07, 6.45) is 0. The van der Waals surface area contributed by atoms with Crippen molar-refractivity contribution in [1.82, 2.24) is 4.90 Å². The van der Waals surface area contributed by atoms with Crippen LogP contribution >= 0.6 is 0 Å². The Morgan fingerprint density at radius 3 is 2.59 bits per heavy atom. The lowest BCUT2D eigenvalue weighted by molar-refractivity contribution is 0.143. The Morgan fingerprint density at radius 1 is 1.35 bits per heavy atom. The van der Waals surface area contributed by atoms with Crippen molar-refractivity contribution in [3.05, 3.63) is 35.6 Å². The third kappa shape index (κ3) is 4.84. The second-order valence-electron chi connectivity index (χ2n) is 5.01. The van der Waals surface area contributed by atoms with Crippen molar-refractivity contribution in [2.24, 2.45) is 11.8 Å². The minimum absolute atomic E-state index is 0.196. The first-order valence-electron chi connectivity index (χ1n) is 6.06. The summed E-state index contributed by atoms with van der Waals surface area (Å²) in [7, 11) is 2.00. The molecule has 1 rings (SSSR count). The van der Waals surface area contributed by atoms with Crippen LogP contribution in [0.1, 0.15) is 19.4 Å². The predicted octanol–water partition coefficient (Wildman–Crippen LogP) is 2.52. The first-order chi connectivity index (χ1) is 8.02. The molecule has 1 atom stereocenters. The highest BCUT2D eigenvalue weighted by Gasteiger charge is 2.14. The van der Waals surface area contributed by atoms with E-state index in [1.165, 1.54) is 6.07 Å². The van der Waals surface area contributed by atoms with Gasteiger partial charge in [-0.15, -0.1) is 0 Å². The van der Waals surface area contributed by atoms with Gasteiger partial charge in [-0.05, 0) is 36.6 Å². The molecule has 1 unspecified atom stereocenters. The second-order valence-corrected chi connectivity index (χ2v) is 5.01. The Labute approximate surface area is 103 Å². The number of rotatable bonds is 6. The molecule has 0 heterocycles. The summed E-state index contributed by atoms with van der Waals surface area (Å²) in [5, 5.41) is 9.27. The van der Waals surface area contributed by atoms with E-state index in [1.807, 2.05) is 13.1 Å². The fourth-order valence-corrected chi connectivity index (χ4v) is 1.89. The summed E-state index contributed by atoms with van der Waals surface area (Å²) in [6.45, 7) is 5.95. The van der Waals surface area contributed by atoms with Gasteiger partial charge in [-0.2, -0.15) is 0 Å². The van der Waals surface area contributed by atoms with E-state index >= 15 is 0 Å². The number of hydrogen-bond donors (Lipinski definition) is 1. The summed E-state index contributed by atoms with van der Waals surface area (Å²) in [5.41, 5.74) is 0.966. The van der Waals surface area contributed by atoms with E-state index in [0.29, 0.717) is 12.5 Å². The van der Waals surface area contributed by atoms with Crippen LogP contribution in [0.3, 0.4) is 0 Å². The van der Waals surface area contributed by atoms with Crippen molar-refractivity contribution in [3.8, 4) is 0 Å². The summed E-state index contributed by atoms with van der Waals surface area (Å²) < 4.78 is 13.0. The van der Waals surface area contributed by atoms with Gasteiger partial charge in [0.1, 0.15) is 5.82 Å². The number of aliphatic hydroxyl groups excluding tert-OH is 1. The van der Waals surface area contributed by atoms with Gasteiger partial charge in [-0.25, -0.2) is 4.39 Å². The highest BCUT2D eigenvalue weighted by atomic mass is 19.1. The fraction of sp³-hybridized carbons (Fsp3) is 0.571. The van der Waals surface area contributed by atoms with E-state index in [1.54, 1.807) is 12.1 Å². The van der Waals surface area contributed by atoms with Crippen LogP contribution in [0, 0.1) is 17.7 Å². The largest absolute Gasteiger partial charge is 0.396 e. The van der Waals surface area contributed by atoms with Gasteiger partial charge in [0.05, 0.1) is 0 Å². The van der Waals surface area contributed by atoms with E-state index in [-0.39, 0.29) is 18.3 Å². The molecule has 0 amide bonds. The van der Waals surface area contributed by atoms with E-state index < -0.39 is 0 Å². The molecule has 0 aromatic heterocycles. The van der Waals surface area contributed by atoms with Crippen molar-refractivity contribution >= 4 is 0 Å². The zero-order chi connectivity index (χ0) is 12.8. The molecule has 0 aliphatic heterocycles. The topological polar surface area (TPSA) is 23.5 Å². The molecule has 0 fully saturated rings. The fourth-order valence-electron chi connectivity index (χ4n) is 1.89. The van der Waals surface area contributed by atoms with Gasteiger partial charge in [-0.3, -0.25) is 0 Å². The Hall–Kier alpha value is -0.930. The van der Waals surface area contributed by atoms with Gasteiger partial charge >= 0.3 is 0 Å². The third-order valence-electron chi connectivity index (χ3n) is 3.07. The molecule has 1 N–H and O–H groups in total. The zero-order valence-electron chi connectivity index (χ0n) is 10.9. The van der Waals surface area contributed by atoms with Crippen LogP contribution < -0.4 is 0 Å². The van der Waals surface area contributed by atoms with Gasteiger partial charge < -0.3 is 10.0 Å². The highest BCUT2D eigenvalue weighted by molar-refractivity contribution is 5.16. The SMILES string of the molecule is CC(C)C(CO)CN(C)Cc1cccc(F)c1. The van der Waals surface area contributed by atoms with Gasteiger partial charge in [-0.1, -0.05) is 26.0 Å². The normalized spacial score (nSPS) is 13.4. The Kier molecular flexibility index (Phi) is 5.59. The number of benzene rings is 1. The molecule has 17 heavy (non-hydrogen) atoms. The van der Waals surface area contributed by atoms with Crippen molar-refractivity contribution in [2.45, 2.75) is 20.4 Å². The van der Waals surface area contributed by atoms with E-state index in [0.717, 1.165) is 12.1 Å². The molecular formula is C14H22FNO. The minimum atomic E-state index is -0.196. The molecule has 3 heteroatoms. The van der Waals surface area contributed by atoms with Gasteiger partial charge in [0.25, 0.3) is 0 Å².